The predicted octanol–water partition coefficient (Wildman–Crippen LogP) is 4.17. The van der Waals surface area contributed by atoms with Crippen LogP contribution in [-0.4, -0.2) is 26.7 Å². The van der Waals surface area contributed by atoms with Crippen LogP contribution in [0.15, 0.2) is 60.0 Å². The number of amides is 1. The third-order valence-electron chi connectivity index (χ3n) is 3.54. The molecular weight excluding hydrogens is 376 g/mol. The van der Waals surface area contributed by atoms with Gasteiger partial charge in [-0.05, 0) is 56.5 Å². The number of carbonyl (C=O) groups is 1. The second-order valence-corrected chi connectivity index (χ2v) is 8.80. The van der Waals surface area contributed by atoms with Crippen LogP contribution in [0.3, 0.4) is 0 Å². The number of ether oxygens (including phenoxy) is 1. The first-order valence-electron chi connectivity index (χ1n) is 8.95. The third-order valence-corrected chi connectivity index (χ3v) is 4.55. The first kappa shape index (κ1) is 21.5. The van der Waals surface area contributed by atoms with E-state index in [1.807, 2.05) is 42.5 Å². The molecule has 0 fully saturated rings. The van der Waals surface area contributed by atoms with Crippen LogP contribution in [0.5, 0.6) is 0 Å². The number of hydrogen-bond donors (Lipinski definition) is 2. The van der Waals surface area contributed by atoms with Crippen molar-refractivity contribution in [1.29, 1.82) is 0 Å². The van der Waals surface area contributed by atoms with Crippen molar-refractivity contribution < 1.29 is 17.9 Å². The van der Waals surface area contributed by atoms with Crippen molar-refractivity contribution in [1.82, 2.24) is 5.32 Å². The SMILES string of the molecule is CC(C)(C)OC(=O)NCCc1ccc(NS(=O)(=O)C=Cc2ccccc2)cc1. The lowest BCUT2D eigenvalue weighted by atomic mass is 10.1. The molecule has 2 aromatic carbocycles. The van der Waals surface area contributed by atoms with Crippen molar-refractivity contribution in [2.24, 2.45) is 0 Å². The third kappa shape index (κ3) is 8.26. The van der Waals surface area contributed by atoms with E-state index in [2.05, 4.69) is 10.0 Å². The number of alkyl carbamates (subject to hydrolysis) is 1. The van der Waals surface area contributed by atoms with E-state index >= 15 is 0 Å². The summed E-state index contributed by atoms with van der Waals surface area (Å²) in [5, 5.41) is 3.83. The smallest absolute Gasteiger partial charge is 0.407 e. The zero-order valence-corrected chi connectivity index (χ0v) is 17.1. The van der Waals surface area contributed by atoms with Crippen LogP contribution in [0, 0.1) is 0 Å². The summed E-state index contributed by atoms with van der Waals surface area (Å²) in [6, 6.07) is 16.2. The molecule has 0 unspecified atom stereocenters. The van der Waals surface area contributed by atoms with Crippen molar-refractivity contribution in [3.8, 4) is 0 Å². The average Bonchev–Trinajstić information content (AvgIpc) is 2.61. The second-order valence-electron chi connectivity index (χ2n) is 7.24. The van der Waals surface area contributed by atoms with Gasteiger partial charge >= 0.3 is 6.09 Å². The van der Waals surface area contributed by atoms with E-state index in [1.165, 1.54) is 0 Å². The molecule has 2 aromatic rings. The van der Waals surface area contributed by atoms with Crippen molar-refractivity contribution in [2.45, 2.75) is 32.8 Å². The lowest BCUT2D eigenvalue weighted by molar-refractivity contribution is 0.0528. The standard InChI is InChI=1S/C21H26N2O4S/c1-21(2,3)27-20(24)22-15-13-18-9-11-19(12-10-18)23-28(25,26)16-14-17-7-5-4-6-8-17/h4-12,14,16,23H,13,15H2,1-3H3,(H,22,24). The van der Waals surface area contributed by atoms with Crippen LogP contribution in [0.1, 0.15) is 31.9 Å². The van der Waals surface area contributed by atoms with Crippen molar-refractivity contribution >= 4 is 27.9 Å². The number of nitrogens with one attached hydrogen (secondary N) is 2. The van der Waals surface area contributed by atoms with Crippen LogP contribution in [0.2, 0.25) is 0 Å². The highest BCUT2D eigenvalue weighted by Gasteiger charge is 2.15. The summed E-state index contributed by atoms with van der Waals surface area (Å²) in [5.41, 5.74) is 1.72. The normalized spacial score (nSPS) is 12.0. The molecule has 0 saturated heterocycles. The molecule has 0 aliphatic rings. The maximum Gasteiger partial charge on any atom is 0.407 e. The molecule has 0 radical (unpaired) electrons. The fourth-order valence-corrected chi connectivity index (χ4v) is 3.16. The first-order valence-corrected chi connectivity index (χ1v) is 10.5. The number of anilines is 1. The van der Waals surface area contributed by atoms with Crippen LogP contribution in [0.4, 0.5) is 10.5 Å². The first-order chi connectivity index (χ1) is 13.1. The Kier molecular flexibility index (Phi) is 7.23. The molecule has 0 bridgehead atoms. The van der Waals surface area contributed by atoms with Crippen LogP contribution in [-0.2, 0) is 21.2 Å². The van der Waals surface area contributed by atoms with E-state index < -0.39 is 21.7 Å². The van der Waals surface area contributed by atoms with Gasteiger partial charge in [0.1, 0.15) is 5.60 Å². The van der Waals surface area contributed by atoms with Crippen LogP contribution >= 0.6 is 0 Å². The summed E-state index contributed by atoms with van der Waals surface area (Å²) in [6.45, 7) is 5.85. The Balaban J connectivity index is 1.85. The minimum atomic E-state index is -3.60. The van der Waals surface area contributed by atoms with E-state index in [0.29, 0.717) is 18.7 Å². The molecule has 0 spiro atoms. The van der Waals surface area contributed by atoms with Gasteiger partial charge in [0.2, 0.25) is 0 Å². The average molecular weight is 403 g/mol. The maximum atomic E-state index is 12.2. The highest BCUT2D eigenvalue weighted by atomic mass is 32.2. The molecule has 0 aromatic heterocycles. The van der Waals surface area contributed by atoms with Gasteiger partial charge in [-0.15, -0.1) is 0 Å². The number of sulfonamides is 1. The van der Waals surface area contributed by atoms with Crippen molar-refractivity contribution in [2.75, 3.05) is 11.3 Å². The number of carbonyl (C=O) groups excluding carboxylic acids is 1. The van der Waals surface area contributed by atoms with Crippen LogP contribution in [0.25, 0.3) is 6.08 Å². The summed E-state index contributed by atoms with van der Waals surface area (Å²) < 4.78 is 32.0. The molecule has 0 heterocycles. The minimum Gasteiger partial charge on any atom is -0.444 e. The van der Waals surface area contributed by atoms with Gasteiger partial charge in [-0.3, -0.25) is 4.72 Å². The van der Waals surface area contributed by atoms with Crippen LogP contribution < -0.4 is 10.0 Å². The molecule has 0 atom stereocenters. The van der Waals surface area contributed by atoms with E-state index in [9.17, 15) is 13.2 Å². The van der Waals surface area contributed by atoms with Gasteiger partial charge in [0.15, 0.2) is 0 Å². The van der Waals surface area contributed by atoms with E-state index in [1.54, 1.807) is 39.0 Å². The van der Waals surface area contributed by atoms with Gasteiger partial charge in [-0.25, -0.2) is 13.2 Å². The van der Waals surface area contributed by atoms with Gasteiger partial charge in [0.25, 0.3) is 10.0 Å². The largest absolute Gasteiger partial charge is 0.444 e. The molecule has 2 rings (SSSR count). The van der Waals surface area contributed by atoms with Gasteiger partial charge in [-0.2, -0.15) is 0 Å². The summed E-state index contributed by atoms with van der Waals surface area (Å²) >= 11 is 0. The maximum absolute atomic E-state index is 12.2. The van der Waals surface area contributed by atoms with Gasteiger partial charge in [0.05, 0.1) is 5.41 Å². The summed E-state index contributed by atoms with van der Waals surface area (Å²) in [5.74, 6) is 0. The highest BCUT2D eigenvalue weighted by molar-refractivity contribution is 7.95. The molecule has 0 saturated carbocycles. The fraction of sp³-hybridized carbons (Fsp3) is 0.286. The Hall–Kier alpha value is -2.80. The number of benzene rings is 2. The van der Waals surface area contributed by atoms with Crippen molar-refractivity contribution in [3.05, 3.63) is 71.1 Å². The molecule has 0 aliphatic carbocycles. The summed E-state index contributed by atoms with van der Waals surface area (Å²) in [4.78, 5) is 11.6. The summed E-state index contributed by atoms with van der Waals surface area (Å²) in [6.07, 6.45) is 1.70. The van der Waals surface area contributed by atoms with E-state index in [0.717, 1.165) is 16.5 Å². The van der Waals surface area contributed by atoms with E-state index in [4.69, 9.17) is 4.74 Å². The Morgan fingerprint density at radius 3 is 2.29 bits per heavy atom. The monoisotopic (exact) mass is 402 g/mol. The molecule has 28 heavy (non-hydrogen) atoms. The molecule has 0 aliphatic heterocycles. The topological polar surface area (TPSA) is 84.5 Å². The highest BCUT2D eigenvalue weighted by Crippen LogP contribution is 2.13. The van der Waals surface area contributed by atoms with Gasteiger partial charge < -0.3 is 10.1 Å². The zero-order chi connectivity index (χ0) is 20.6. The molecular formula is C21H26N2O4S. The fourth-order valence-electron chi connectivity index (χ4n) is 2.29. The number of rotatable bonds is 7. The Bertz CT molecular complexity index is 900. The molecule has 2 N–H and O–H groups in total. The second kappa shape index (κ2) is 9.41. The van der Waals surface area contributed by atoms with Gasteiger partial charge in [0, 0.05) is 12.2 Å². The zero-order valence-electron chi connectivity index (χ0n) is 16.3. The quantitative estimate of drug-likeness (QED) is 0.728. The Morgan fingerprint density at radius 2 is 1.68 bits per heavy atom. The lowest BCUT2D eigenvalue weighted by Gasteiger charge is -2.19. The molecule has 6 nitrogen and oxygen atoms in total. The molecule has 150 valence electrons. The molecule has 7 heteroatoms. The summed E-state index contributed by atoms with van der Waals surface area (Å²) in [7, 11) is -3.60. The predicted molar refractivity (Wildman–Crippen MR) is 112 cm³/mol. The van der Waals surface area contributed by atoms with E-state index in [-0.39, 0.29) is 0 Å². The van der Waals surface area contributed by atoms with Gasteiger partial charge in [-0.1, -0.05) is 42.5 Å². The Labute approximate surface area is 166 Å². The molecule has 1 amide bonds. The van der Waals surface area contributed by atoms with Crippen molar-refractivity contribution in [3.63, 3.8) is 0 Å². The minimum absolute atomic E-state index is 0.430. The number of hydrogen-bond acceptors (Lipinski definition) is 4. The Morgan fingerprint density at radius 1 is 1.04 bits per heavy atom. The lowest BCUT2D eigenvalue weighted by Crippen LogP contribution is -2.33.